The van der Waals surface area contributed by atoms with Crippen molar-refractivity contribution in [1.82, 2.24) is 4.90 Å². The minimum absolute atomic E-state index is 0.0626. The first-order valence-electron chi connectivity index (χ1n) is 6.50. The lowest BCUT2D eigenvalue weighted by atomic mass is 10.1. The molecule has 2 heterocycles. The van der Waals surface area contributed by atoms with Gasteiger partial charge in [0, 0.05) is 23.5 Å². The van der Waals surface area contributed by atoms with Crippen molar-refractivity contribution in [2.45, 2.75) is 0 Å². The number of amides is 1. The van der Waals surface area contributed by atoms with E-state index in [1.54, 1.807) is 47.5 Å². The molecular weight excluding hydrogens is 326 g/mol. The summed E-state index contributed by atoms with van der Waals surface area (Å²) in [5.74, 6) is -0.333. The predicted octanol–water partition coefficient (Wildman–Crippen LogP) is 1.78. The molecule has 3 rings (SSSR count). The number of allylic oxidation sites excluding steroid dienone is 2. The molecule has 2 aliphatic heterocycles. The Morgan fingerprint density at radius 2 is 2.00 bits per heavy atom. The Labute approximate surface area is 132 Å². The number of fused-ring (bicyclic) bond motifs is 1. The van der Waals surface area contributed by atoms with Crippen LogP contribution in [0.25, 0.3) is 0 Å². The van der Waals surface area contributed by atoms with Gasteiger partial charge in [-0.15, -0.1) is 4.40 Å². The van der Waals surface area contributed by atoms with Crippen molar-refractivity contribution in [1.29, 1.82) is 0 Å². The van der Waals surface area contributed by atoms with Crippen LogP contribution in [0.1, 0.15) is 0 Å². The van der Waals surface area contributed by atoms with Gasteiger partial charge >= 0.3 is 0 Å². The third-order valence-electron chi connectivity index (χ3n) is 3.20. The van der Waals surface area contributed by atoms with Crippen LogP contribution in [0.15, 0.2) is 52.6 Å². The Bertz CT molecular complexity index is 810. The number of halogens is 1. The molecule has 1 aromatic rings. The number of carbonyl (C=O) groups excluding carboxylic acids is 1. The van der Waals surface area contributed by atoms with Crippen LogP contribution in [0.2, 0.25) is 5.02 Å². The van der Waals surface area contributed by atoms with Gasteiger partial charge in [-0.3, -0.25) is 4.79 Å². The highest BCUT2D eigenvalue weighted by atomic mass is 35.5. The van der Waals surface area contributed by atoms with E-state index >= 15 is 0 Å². The second-order valence-electron chi connectivity index (χ2n) is 4.78. The Morgan fingerprint density at radius 3 is 2.73 bits per heavy atom. The van der Waals surface area contributed by atoms with Crippen molar-refractivity contribution in [3.8, 4) is 0 Å². The van der Waals surface area contributed by atoms with Crippen molar-refractivity contribution in [2.24, 2.45) is 4.40 Å². The van der Waals surface area contributed by atoms with Crippen LogP contribution in [-0.2, 0) is 14.8 Å². The molecule has 1 aromatic carbocycles. The molecule has 8 heteroatoms. The van der Waals surface area contributed by atoms with E-state index in [0.29, 0.717) is 10.7 Å². The number of nitrogens with one attached hydrogen (secondary N) is 1. The summed E-state index contributed by atoms with van der Waals surface area (Å²) in [6, 6.07) is 6.63. The van der Waals surface area contributed by atoms with Gasteiger partial charge in [0.05, 0.1) is 11.3 Å². The molecule has 0 aliphatic carbocycles. The molecule has 1 amide bonds. The summed E-state index contributed by atoms with van der Waals surface area (Å²) >= 11 is 5.79. The van der Waals surface area contributed by atoms with E-state index in [9.17, 15) is 13.2 Å². The molecule has 0 aromatic heterocycles. The van der Waals surface area contributed by atoms with Crippen LogP contribution in [0.4, 0.5) is 5.69 Å². The number of anilines is 1. The quantitative estimate of drug-likeness (QED) is 0.892. The van der Waals surface area contributed by atoms with Gasteiger partial charge in [0.1, 0.15) is 0 Å². The minimum atomic E-state index is -3.52. The molecule has 0 atom stereocenters. The molecule has 0 unspecified atom stereocenters. The van der Waals surface area contributed by atoms with Crippen LogP contribution in [0.3, 0.4) is 0 Å². The molecule has 6 nitrogen and oxygen atoms in total. The van der Waals surface area contributed by atoms with E-state index in [4.69, 9.17) is 11.6 Å². The third kappa shape index (κ3) is 3.05. The fourth-order valence-electron chi connectivity index (χ4n) is 2.13. The van der Waals surface area contributed by atoms with Gasteiger partial charge < -0.3 is 10.2 Å². The number of carbonyl (C=O) groups is 1. The second-order valence-corrected chi connectivity index (χ2v) is 6.97. The molecule has 0 fully saturated rings. The fourth-order valence-corrected chi connectivity index (χ4v) is 3.24. The number of nitrogens with zero attached hydrogens (tertiary/aromatic N) is 2. The number of hydrogen-bond donors (Lipinski definition) is 1. The minimum Gasteiger partial charge on any atom is -0.331 e. The van der Waals surface area contributed by atoms with Gasteiger partial charge in [-0.05, 0) is 36.4 Å². The largest absolute Gasteiger partial charge is 0.331 e. The first kappa shape index (κ1) is 14.8. The first-order valence-corrected chi connectivity index (χ1v) is 8.48. The first-order chi connectivity index (χ1) is 10.4. The summed E-state index contributed by atoms with van der Waals surface area (Å²) in [5.41, 5.74) is 0.774. The van der Waals surface area contributed by atoms with Crippen LogP contribution < -0.4 is 5.32 Å². The van der Waals surface area contributed by atoms with E-state index in [1.807, 2.05) is 0 Å². The highest BCUT2D eigenvalue weighted by molar-refractivity contribution is 7.90. The number of amidine groups is 1. The molecule has 0 saturated heterocycles. The SMILES string of the molecule is O=C(Nc1ccc(Cl)cc1)C1=CC=CN2CCS(=O)(=O)N=C12. The summed E-state index contributed by atoms with van der Waals surface area (Å²) in [6.07, 6.45) is 4.93. The van der Waals surface area contributed by atoms with E-state index in [0.717, 1.165) is 0 Å². The highest BCUT2D eigenvalue weighted by Crippen LogP contribution is 2.20. The maximum absolute atomic E-state index is 12.4. The Kier molecular flexibility index (Phi) is 3.76. The third-order valence-corrected chi connectivity index (χ3v) is 4.61. The average Bonchev–Trinajstić information content (AvgIpc) is 2.48. The van der Waals surface area contributed by atoms with Gasteiger partial charge in [-0.2, -0.15) is 0 Å². The van der Waals surface area contributed by atoms with Gasteiger partial charge in [0.25, 0.3) is 15.9 Å². The topological polar surface area (TPSA) is 78.8 Å². The molecule has 2 aliphatic rings. The standard InChI is InChI=1S/C14H12ClN3O3S/c15-10-3-5-11(6-4-10)16-14(19)12-2-1-7-18-8-9-22(20,21)17-13(12)18/h1-7H,8-9H2,(H,16,19). The van der Waals surface area contributed by atoms with Crippen molar-refractivity contribution >= 4 is 39.1 Å². The van der Waals surface area contributed by atoms with E-state index < -0.39 is 15.9 Å². The zero-order valence-corrected chi connectivity index (χ0v) is 12.9. The Hall–Kier alpha value is -2.12. The molecular formula is C14H12ClN3O3S. The van der Waals surface area contributed by atoms with Crippen molar-refractivity contribution in [3.05, 3.63) is 53.2 Å². The van der Waals surface area contributed by atoms with Crippen molar-refractivity contribution < 1.29 is 13.2 Å². The maximum atomic E-state index is 12.4. The van der Waals surface area contributed by atoms with Gasteiger partial charge in [0.15, 0.2) is 5.84 Å². The lowest BCUT2D eigenvalue weighted by Gasteiger charge is -2.28. The average molecular weight is 338 g/mol. The smallest absolute Gasteiger partial charge is 0.259 e. The number of benzene rings is 1. The van der Waals surface area contributed by atoms with Crippen molar-refractivity contribution in [3.63, 3.8) is 0 Å². The van der Waals surface area contributed by atoms with Crippen LogP contribution >= 0.6 is 11.6 Å². The zero-order valence-electron chi connectivity index (χ0n) is 11.4. The Balaban J connectivity index is 1.88. The molecule has 0 saturated carbocycles. The van der Waals surface area contributed by atoms with Gasteiger partial charge in [-0.1, -0.05) is 11.6 Å². The summed E-state index contributed by atoms with van der Waals surface area (Å²) in [6.45, 7) is 0.281. The summed E-state index contributed by atoms with van der Waals surface area (Å²) in [7, 11) is -3.52. The summed E-state index contributed by atoms with van der Waals surface area (Å²) < 4.78 is 27.0. The van der Waals surface area contributed by atoms with Crippen LogP contribution in [0.5, 0.6) is 0 Å². The van der Waals surface area contributed by atoms with Crippen molar-refractivity contribution in [2.75, 3.05) is 17.6 Å². The molecule has 0 radical (unpaired) electrons. The zero-order chi connectivity index (χ0) is 15.7. The van der Waals surface area contributed by atoms with Gasteiger partial charge in [0.2, 0.25) is 0 Å². The fraction of sp³-hybridized carbons (Fsp3) is 0.143. The number of rotatable bonds is 2. The summed E-state index contributed by atoms with van der Waals surface area (Å²) in [5, 5.41) is 3.26. The second kappa shape index (κ2) is 5.58. The Morgan fingerprint density at radius 1 is 1.27 bits per heavy atom. The number of sulfonamides is 1. The summed E-state index contributed by atoms with van der Waals surface area (Å²) in [4.78, 5) is 14.0. The van der Waals surface area contributed by atoms with E-state index in [-0.39, 0.29) is 23.7 Å². The molecule has 0 bridgehead atoms. The van der Waals surface area contributed by atoms with E-state index in [2.05, 4.69) is 9.71 Å². The predicted molar refractivity (Wildman–Crippen MR) is 85.2 cm³/mol. The lowest BCUT2D eigenvalue weighted by molar-refractivity contribution is -0.112. The monoisotopic (exact) mass is 337 g/mol. The normalized spacial score (nSPS) is 19.0. The number of hydrogen-bond acceptors (Lipinski definition) is 4. The van der Waals surface area contributed by atoms with Gasteiger partial charge in [-0.25, -0.2) is 8.42 Å². The lowest BCUT2D eigenvalue weighted by Crippen LogP contribution is -2.40. The van der Waals surface area contributed by atoms with Crippen LogP contribution in [-0.4, -0.2) is 37.4 Å². The van der Waals surface area contributed by atoms with Crippen LogP contribution in [0, 0.1) is 0 Å². The maximum Gasteiger partial charge on any atom is 0.259 e. The molecule has 0 spiro atoms. The molecule has 114 valence electrons. The van der Waals surface area contributed by atoms with E-state index in [1.165, 1.54) is 0 Å². The molecule has 22 heavy (non-hydrogen) atoms. The highest BCUT2D eigenvalue weighted by Gasteiger charge is 2.29. The molecule has 1 N–H and O–H groups in total.